The summed E-state index contributed by atoms with van der Waals surface area (Å²) in [5.74, 6) is 0.0694. The van der Waals surface area contributed by atoms with Crippen molar-refractivity contribution in [2.24, 2.45) is 0 Å². The number of amides is 1. The molecule has 2 heterocycles. The maximum Gasteiger partial charge on any atom is 0.407 e. The van der Waals surface area contributed by atoms with Gasteiger partial charge in [0.05, 0.1) is 11.9 Å². The molecule has 0 saturated carbocycles. The van der Waals surface area contributed by atoms with Gasteiger partial charge in [-0.15, -0.1) is 0 Å². The van der Waals surface area contributed by atoms with Gasteiger partial charge in [0.1, 0.15) is 12.1 Å². The van der Waals surface area contributed by atoms with E-state index in [9.17, 15) is 4.79 Å². The van der Waals surface area contributed by atoms with E-state index in [1.54, 1.807) is 6.20 Å². The highest BCUT2D eigenvalue weighted by Gasteiger charge is 2.28. The van der Waals surface area contributed by atoms with Crippen molar-refractivity contribution in [3.8, 4) is 11.1 Å². The summed E-state index contributed by atoms with van der Waals surface area (Å²) >= 11 is 0. The summed E-state index contributed by atoms with van der Waals surface area (Å²) in [5, 5.41) is 2.81. The minimum absolute atomic E-state index is 0.0694. The molecule has 5 rings (SSSR count). The van der Waals surface area contributed by atoms with Crippen molar-refractivity contribution in [3.05, 3.63) is 89.9 Å². The van der Waals surface area contributed by atoms with Crippen LogP contribution in [0.5, 0.6) is 0 Å². The molecule has 4 aromatic rings. The van der Waals surface area contributed by atoms with Crippen molar-refractivity contribution in [2.45, 2.75) is 12.3 Å². The lowest BCUT2D eigenvalue weighted by Gasteiger charge is -2.14. The molecule has 0 radical (unpaired) electrons. The quantitative estimate of drug-likeness (QED) is 0.443. The number of fused-ring (bicyclic) bond motifs is 4. The van der Waals surface area contributed by atoms with E-state index in [4.69, 9.17) is 4.74 Å². The Labute approximate surface area is 180 Å². The lowest BCUT2D eigenvalue weighted by Crippen LogP contribution is -2.26. The highest BCUT2D eigenvalue weighted by atomic mass is 16.5. The van der Waals surface area contributed by atoms with Crippen molar-refractivity contribution in [1.29, 1.82) is 0 Å². The van der Waals surface area contributed by atoms with Crippen LogP contribution >= 0.6 is 0 Å². The van der Waals surface area contributed by atoms with Gasteiger partial charge in [0, 0.05) is 18.7 Å². The topological polar surface area (TPSA) is 79.9 Å². The number of nitrogens with zero attached hydrogens (tertiary/aromatic N) is 2. The number of carbonyl (C=O) groups is 1. The number of hydrogen-bond donors (Lipinski definition) is 2. The lowest BCUT2D eigenvalue weighted by molar-refractivity contribution is 0.143. The van der Waals surface area contributed by atoms with E-state index < -0.39 is 6.09 Å². The third kappa shape index (κ3) is 3.92. The summed E-state index contributed by atoms with van der Waals surface area (Å²) in [4.78, 5) is 24.0. The lowest BCUT2D eigenvalue weighted by atomic mass is 9.98. The molecule has 2 aromatic carbocycles. The number of alkyl carbamates (subject to hydrolysis) is 1. The fourth-order valence-corrected chi connectivity index (χ4v) is 4.04. The van der Waals surface area contributed by atoms with Crippen LogP contribution in [0.2, 0.25) is 0 Å². The first-order valence-electron chi connectivity index (χ1n) is 10.3. The third-order valence-corrected chi connectivity index (χ3v) is 5.49. The zero-order chi connectivity index (χ0) is 21.0. The zero-order valence-corrected chi connectivity index (χ0v) is 16.9. The molecule has 0 aliphatic heterocycles. The van der Waals surface area contributed by atoms with Crippen molar-refractivity contribution >= 4 is 23.3 Å². The summed E-state index contributed by atoms with van der Waals surface area (Å²) < 4.78 is 5.54. The molecule has 1 aliphatic rings. The molecule has 6 nitrogen and oxygen atoms in total. The Hall–Kier alpha value is -3.93. The van der Waals surface area contributed by atoms with Crippen LogP contribution in [-0.2, 0) is 4.74 Å². The number of ether oxygens (including phenoxy) is 1. The molecular formula is C25H22N4O2. The van der Waals surface area contributed by atoms with Gasteiger partial charge >= 0.3 is 6.09 Å². The molecule has 0 atom stereocenters. The third-order valence-electron chi connectivity index (χ3n) is 5.49. The average molecular weight is 410 g/mol. The van der Waals surface area contributed by atoms with Crippen LogP contribution in [0.1, 0.15) is 29.2 Å². The highest BCUT2D eigenvalue weighted by molar-refractivity contribution is 5.79. The molecule has 1 amide bonds. The SMILES string of the molecule is O=C(NCCC=Cc1cnc2[nH]ccc2n1)OCC1c2ccccc2-c2ccccc21. The highest BCUT2D eigenvalue weighted by Crippen LogP contribution is 2.44. The molecule has 0 spiro atoms. The zero-order valence-electron chi connectivity index (χ0n) is 16.9. The number of benzene rings is 2. The minimum Gasteiger partial charge on any atom is -0.449 e. The molecule has 1 aliphatic carbocycles. The number of rotatable bonds is 6. The molecule has 0 bridgehead atoms. The normalized spacial score (nSPS) is 12.8. The molecular weight excluding hydrogens is 388 g/mol. The predicted molar refractivity (Wildman–Crippen MR) is 121 cm³/mol. The Balaban J connectivity index is 1.12. The minimum atomic E-state index is -0.399. The van der Waals surface area contributed by atoms with Crippen LogP contribution < -0.4 is 5.32 Å². The second-order valence-corrected chi connectivity index (χ2v) is 7.45. The Bertz CT molecular complexity index is 1220. The second kappa shape index (κ2) is 8.44. The first-order chi connectivity index (χ1) is 15.3. The molecule has 2 N–H and O–H groups in total. The van der Waals surface area contributed by atoms with Crippen LogP contribution in [0.3, 0.4) is 0 Å². The van der Waals surface area contributed by atoms with Gasteiger partial charge in [0.2, 0.25) is 0 Å². The molecule has 0 unspecified atom stereocenters. The first-order valence-corrected chi connectivity index (χ1v) is 10.3. The van der Waals surface area contributed by atoms with E-state index in [-0.39, 0.29) is 5.92 Å². The summed E-state index contributed by atoms with van der Waals surface area (Å²) in [6, 6.07) is 18.5. The Morgan fingerprint density at radius 2 is 1.81 bits per heavy atom. The Morgan fingerprint density at radius 3 is 2.58 bits per heavy atom. The van der Waals surface area contributed by atoms with Crippen LogP contribution in [-0.4, -0.2) is 34.2 Å². The van der Waals surface area contributed by atoms with E-state index in [0.717, 1.165) is 16.9 Å². The van der Waals surface area contributed by atoms with Gasteiger partial charge in [0.25, 0.3) is 0 Å². The maximum atomic E-state index is 12.2. The molecule has 31 heavy (non-hydrogen) atoms. The second-order valence-electron chi connectivity index (χ2n) is 7.45. The molecule has 2 aromatic heterocycles. The maximum absolute atomic E-state index is 12.2. The van der Waals surface area contributed by atoms with Crippen LogP contribution in [0.15, 0.2) is 73.1 Å². The molecule has 0 saturated heterocycles. The van der Waals surface area contributed by atoms with Gasteiger partial charge in [0.15, 0.2) is 5.65 Å². The van der Waals surface area contributed by atoms with Crippen LogP contribution in [0, 0.1) is 0 Å². The number of nitrogens with one attached hydrogen (secondary N) is 2. The first kappa shape index (κ1) is 19.1. The van der Waals surface area contributed by atoms with Crippen molar-refractivity contribution in [2.75, 3.05) is 13.2 Å². The number of H-pyrrole nitrogens is 1. The van der Waals surface area contributed by atoms with Gasteiger partial charge in [-0.1, -0.05) is 54.6 Å². The molecule has 0 fully saturated rings. The Morgan fingerprint density at radius 1 is 1.06 bits per heavy atom. The van der Waals surface area contributed by atoms with Crippen molar-refractivity contribution < 1.29 is 9.53 Å². The van der Waals surface area contributed by atoms with Gasteiger partial charge in [-0.2, -0.15) is 0 Å². The smallest absolute Gasteiger partial charge is 0.407 e. The van der Waals surface area contributed by atoms with Gasteiger partial charge in [-0.3, -0.25) is 0 Å². The summed E-state index contributed by atoms with van der Waals surface area (Å²) in [5.41, 5.74) is 7.25. The van der Waals surface area contributed by atoms with Gasteiger partial charge in [-0.25, -0.2) is 14.8 Å². The van der Waals surface area contributed by atoms with E-state index in [1.807, 2.05) is 48.7 Å². The standard InChI is InChI=1S/C25H22N4O2/c30-25(27-13-6-5-7-17-15-28-24-23(29-17)12-14-26-24)31-16-22-20-10-3-1-8-18(20)19-9-2-4-11-21(19)22/h1-5,7-12,14-15,22H,6,13,16H2,(H,26,28)(H,27,30). The number of carbonyl (C=O) groups excluding carboxylic acids is 1. The van der Waals surface area contributed by atoms with Gasteiger partial charge < -0.3 is 15.0 Å². The van der Waals surface area contributed by atoms with E-state index in [2.05, 4.69) is 44.5 Å². The van der Waals surface area contributed by atoms with Crippen molar-refractivity contribution in [1.82, 2.24) is 20.3 Å². The summed E-state index contributed by atoms with van der Waals surface area (Å²) in [7, 11) is 0. The summed E-state index contributed by atoms with van der Waals surface area (Å²) in [6.45, 7) is 0.814. The average Bonchev–Trinajstić information content (AvgIpc) is 3.40. The molecule has 154 valence electrons. The number of aromatic amines is 1. The largest absolute Gasteiger partial charge is 0.449 e. The van der Waals surface area contributed by atoms with E-state index in [1.165, 1.54) is 22.3 Å². The number of aromatic nitrogens is 3. The fourth-order valence-electron chi connectivity index (χ4n) is 4.04. The van der Waals surface area contributed by atoms with E-state index in [0.29, 0.717) is 19.6 Å². The number of hydrogen-bond acceptors (Lipinski definition) is 4. The van der Waals surface area contributed by atoms with Crippen LogP contribution in [0.4, 0.5) is 4.79 Å². The van der Waals surface area contributed by atoms with E-state index >= 15 is 0 Å². The van der Waals surface area contributed by atoms with Crippen molar-refractivity contribution in [3.63, 3.8) is 0 Å². The van der Waals surface area contributed by atoms with Crippen LogP contribution in [0.25, 0.3) is 28.4 Å². The molecule has 6 heteroatoms. The summed E-state index contributed by atoms with van der Waals surface area (Å²) in [6.07, 6.45) is 7.68. The predicted octanol–water partition coefficient (Wildman–Crippen LogP) is 4.90. The Kier molecular flexibility index (Phi) is 5.19. The van der Waals surface area contributed by atoms with Gasteiger partial charge in [-0.05, 0) is 40.8 Å². The monoisotopic (exact) mass is 410 g/mol. The fraction of sp³-hybridized carbons (Fsp3) is 0.160.